The van der Waals surface area contributed by atoms with Crippen LogP contribution in [0.4, 0.5) is 0 Å². The fourth-order valence-electron chi connectivity index (χ4n) is 3.84. The minimum atomic E-state index is -0.482. The van der Waals surface area contributed by atoms with Crippen molar-refractivity contribution in [2.45, 2.75) is 71.6 Å². The molecular weight excluding hydrogens is 332 g/mol. The fourth-order valence-corrected chi connectivity index (χ4v) is 3.84. The molecule has 0 aromatic carbocycles. The Morgan fingerprint density at radius 2 is 2.04 bits per heavy atom. The Morgan fingerprint density at radius 3 is 2.77 bits per heavy atom. The summed E-state index contributed by atoms with van der Waals surface area (Å²) in [6.45, 7) is 9.77. The molecule has 1 fully saturated rings. The number of aryl methyl sites for hydroxylation is 1. The van der Waals surface area contributed by atoms with Gasteiger partial charge in [0.05, 0.1) is 12.3 Å². The number of fused-ring (bicyclic) bond motifs is 1. The standard InChI is InChI=1S/C19H30N4O3/c1-4-26-19(25)17-8-5-6-10-22(17)18(24)16-12-15-13-21(14(2)3)9-7-11-23(15)20-16/h12,14,17H,4-11,13H2,1-3H3/t17-/m1/s1. The minimum absolute atomic E-state index is 0.153. The van der Waals surface area contributed by atoms with Crippen molar-refractivity contribution >= 4 is 11.9 Å². The van der Waals surface area contributed by atoms with Crippen molar-refractivity contribution in [3.05, 3.63) is 17.5 Å². The van der Waals surface area contributed by atoms with E-state index in [1.807, 2.05) is 10.7 Å². The quantitative estimate of drug-likeness (QED) is 0.767. The summed E-state index contributed by atoms with van der Waals surface area (Å²) < 4.78 is 7.13. The lowest BCUT2D eigenvalue weighted by atomic mass is 10.0. The number of ether oxygens (including phenoxy) is 1. The van der Waals surface area contributed by atoms with E-state index >= 15 is 0 Å². The Bertz CT molecular complexity index is 655. The molecule has 0 spiro atoms. The topological polar surface area (TPSA) is 67.7 Å². The SMILES string of the molecule is CCOC(=O)[C@H]1CCCCN1C(=O)c1cc2n(n1)CCCN(C(C)C)C2. The second-order valence-electron chi connectivity index (χ2n) is 7.42. The maximum absolute atomic E-state index is 13.1. The molecular formula is C19H30N4O3. The molecule has 0 radical (unpaired) electrons. The third-order valence-electron chi connectivity index (χ3n) is 5.32. The average molecular weight is 362 g/mol. The van der Waals surface area contributed by atoms with Gasteiger partial charge in [-0.2, -0.15) is 5.10 Å². The molecule has 7 nitrogen and oxygen atoms in total. The van der Waals surface area contributed by atoms with E-state index in [9.17, 15) is 9.59 Å². The third kappa shape index (κ3) is 3.92. The Kier molecular flexibility index (Phi) is 5.96. The highest BCUT2D eigenvalue weighted by atomic mass is 16.5. The molecule has 2 aliphatic rings. The van der Waals surface area contributed by atoms with E-state index in [-0.39, 0.29) is 11.9 Å². The van der Waals surface area contributed by atoms with Crippen LogP contribution in [0.5, 0.6) is 0 Å². The van der Waals surface area contributed by atoms with Crippen molar-refractivity contribution in [3.8, 4) is 0 Å². The summed E-state index contributed by atoms with van der Waals surface area (Å²) in [4.78, 5) is 29.4. The van der Waals surface area contributed by atoms with Gasteiger partial charge in [-0.25, -0.2) is 4.79 Å². The van der Waals surface area contributed by atoms with Gasteiger partial charge in [-0.3, -0.25) is 14.4 Å². The highest BCUT2D eigenvalue weighted by Crippen LogP contribution is 2.22. The number of likely N-dealkylation sites (tertiary alicyclic amines) is 1. The van der Waals surface area contributed by atoms with Crippen LogP contribution in [0.3, 0.4) is 0 Å². The van der Waals surface area contributed by atoms with Crippen molar-refractivity contribution in [2.24, 2.45) is 0 Å². The first-order valence-corrected chi connectivity index (χ1v) is 9.79. The van der Waals surface area contributed by atoms with E-state index in [0.717, 1.165) is 44.6 Å². The monoisotopic (exact) mass is 362 g/mol. The number of rotatable bonds is 4. The van der Waals surface area contributed by atoms with Crippen LogP contribution >= 0.6 is 0 Å². The number of hydrogen-bond donors (Lipinski definition) is 0. The van der Waals surface area contributed by atoms with Crippen LogP contribution in [0.2, 0.25) is 0 Å². The molecule has 0 N–H and O–H groups in total. The van der Waals surface area contributed by atoms with Crippen molar-refractivity contribution in [1.82, 2.24) is 19.6 Å². The number of piperidine rings is 1. The molecule has 144 valence electrons. The Morgan fingerprint density at radius 1 is 1.23 bits per heavy atom. The molecule has 1 amide bonds. The summed E-state index contributed by atoms with van der Waals surface area (Å²) in [5, 5.41) is 4.57. The maximum atomic E-state index is 13.1. The van der Waals surface area contributed by atoms with Gasteiger partial charge in [0.2, 0.25) is 0 Å². The van der Waals surface area contributed by atoms with Gasteiger partial charge in [0.25, 0.3) is 5.91 Å². The minimum Gasteiger partial charge on any atom is -0.464 e. The van der Waals surface area contributed by atoms with E-state index in [4.69, 9.17) is 4.74 Å². The van der Waals surface area contributed by atoms with Gasteiger partial charge in [0.15, 0.2) is 5.69 Å². The van der Waals surface area contributed by atoms with Crippen molar-refractivity contribution in [2.75, 3.05) is 19.7 Å². The lowest BCUT2D eigenvalue weighted by Crippen LogP contribution is -2.48. The molecule has 7 heteroatoms. The van der Waals surface area contributed by atoms with Gasteiger partial charge < -0.3 is 9.64 Å². The molecule has 1 atom stereocenters. The molecule has 0 bridgehead atoms. The lowest BCUT2D eigenvalue weighted by Gasteiger charge is -2.33. The van der Waals surface area contributed by atoms with E-state index in [2.05, 4.69) is 23.8 Å². The summed E-state index contributed by atoms with van der Waals surface area (Å²) in [5.74, 6) is -0.452. The van der Waals surface area contributed by atoms with E-state index < -0.39 is 6.04 Å². The van der Waals surface area contributed by atoms with Crippen LogP contribution < -0.4 is 0 Å². The van der Waals surface area contributed by atoms with E-state index in [1.165, 1.54) is 0 Å². The second kappa shape index (κ2) is 8.20. The summed E-state index contributed by atoms with van der Waals surface area (Å²) in [5.41, 5.74) is 1.52. The molecule has 3 heterocycles. The number of aromatic nitrogens is 2. The molecule has 1 saturated heterocycles. The van der Waals surface area contributed by atoms with Crippen molar-refractivity contribution in [3.63, 3.8) is 0 Å². The van der Waals surface area contributed by atoms with Crippen molar-refractivity contribution in [1.29, 1.82) is 0 Å². The molecule has 3 rings (SSSR count). The second-order valence-corrected chi connectivity index (χ2v) is 7.42. The van der Waals surface area contributed by atoms with Gasteiger partial charge in [0.1, 0.15) is 6.04 Å². The zero-order valence-electron chi connectivity index (χ0n) is 16.1. The Hall–Kier alpha value is -1.89. The smallest absolute Gasteiger partial charge is 0.328 e. The zero-order chi connectivity index (χ0) is 18.7. The highest BCUT2D eigenvalue weighted by molar-refractivity contribution is 5.95. The van der Waals surface area contributed by atoms with Crippen LogP contribution in [-0.4, -0.2) is 63.2 Å². The first kappa shape index (κ1) is 18.9. The van der Waals surface area contributed by atoms with Gasteiger partial charge in [-0.15, -0.1) is 0 Å². The molecule has 1 aromatic heterocycles. The first-order chi connectivity index (χ1) is 12.5. The molecule has 26 heavy (non-hydrogen) atoms. The number of amides is 1. The Labute approximate surface area is 155 Å². The number of nitrogens with zero attached hydrogens (tertiary/aromatic N) is 4. The molecule has 0 aliphatic carbocycles. The lowest BCUT2D eigenvalue weighted by molar-refractivity contribution is -0.149. The van der Waals surface area contributed by atoms with E-state index in [0.29, 0.717) is 31.3 Å². The fraction of sp³-hybridized carbons (Fsp3) is 0.737. The third-order valence-corrected chi connectivity index (χ3v) is 5.32. The first-order valence-electron chi connectivity index (χ1n) is 9.79. The van der Waals surface area contributed by atoms with Crippen LogP contribution in [0.1, 0.15) is 62.6 Å². The molecule has 2 aliphatic heterocycles. The van der Waals surface area contributed by atoms with Gasteiger partial charge in [-0.05, 0) is 52.5 Å². The summed E-state index contributed by atoms with van der Waals surface area (Å²) in [6.07, 6.45) is 3.54. The molecule has 0 unspecified atom stereocenters. The van der Waals surface area contributed by atoms with Gasteiger partial charge >= 0.3 is 5.97 Å². The van der Waals surface area contributed by atoms with Crippen molar-refractivity contribution < 1.29 is 14.3 Å². The maximum Gasteiger partial charge on any atom is 0.328 e. The van der Waals surface area contributed by atoms with Gasteiger partial charge in [-0.1, -0.05) is 0 Å². The number of carbonyl (C=O) groups is 2. The highest BCUT2D eigenvalue weighted by Gasteiger charge is 2.35. The average Bonchev–Trinajstić information content (AvgIpc) is 2.92. The van der Waals surface area contributed by atoms with Gasteiger partial charge in [0, 0.05) is 32.2 Å². The summed E-state index contributed by atoms with van der Waals surface area (Å²) in [7, 11) is 0. The predicted molar refractivity (Wildman–Crippen MR) is 97.7 cm³/mol. The number of hydrogen-bond acceptors (Lipinski definition) is 5. The number of esters is 1. The van der Waals surface area contributed by atoms with E-state index in [1.54, 1.807) is 11.8 Å². The largest absolute Gasteiger partial charge is 0.464 e. The van der Waals surface area contributed by atoms with Crippen LogP contribution in [0.25, 0.3) is 0 Å². The summed E-state index contributed by atoms with van der Waals surface area (Å²) in [6, 6.07) is 1.88. The summed E-state index contributed by atoms with van der Waals surface area (Å²) >= 11 is 0. The predicted octanol–water partition coefficient (Wildman–Crippen LogP) is 2.05. The molecule has 0 saturated carbocycles. The van der Waals surface area contributed by atoms with Crippen LogP contribution in [-0.2, 0) is 22.6 Å². The Balaban J connectivity index is 1.79. The number of carbonyl (C=O) groups excluding carboxylic acids is 2. The normalized spacial score (nSPS) is 21.4. The van der Waals surface area contributed by atoms with Crippen LogP contribution in [0.15, 0.2) is 6.07 Å². The molecule has 1 aromatic rings. The van der Waals surface area contributed by atoms with Crippen LogP contribution in [0, 0.1) is 0 Å². The zero-order valence-corrected chi connectivity index (χ0v) is 16.1.